The van der Waals surface area contributed by atoms with E-state index in [0.717, 1.165) is 16.7 Å². The van der Waals surface area contributed by atoms with Gasteiger partial charge in [0.25, 0.3) is 11.8 Å². The number of β-lactam (4-membered cyclic amide) rings is 1. The quantitative estimate of drug-likeness (QED) is 0.120. The van der Waals surface area contributed by atoms with E-state index in [1.807, 2.05) is 0 Å². The van der Waals surface area contributed by atoms with Crippen LogP contribution >= 0.6 is 11.8 Å². The molecule has 5 rings (SSSR count). The summed E-state index contributed by atoms with van der Waals surface area (Å²) < 4.78 is 4.67. The van der Waals surface area contributed by atoms with Gasteiger partial charge in [0.2, 0.25) is 11.3 Å². The maximum absolute atomic E-state index is 13.5. The maximum Gasteiger partial charge on any atom is 1.00 e. The Morgan fingerprint density at radius 2 is 1.93 bits per heavy atom. The number of aromatic nitrogens is 2. The van der Waals surface area contributed by atoms with Gasteiger partial charge >= 0.3 is 35.7 Å². The van der Waals surface area contributed by atoms with Crippen LogP contribution in [0, 0.1) is 0 Å². The van der Waals surface area contributed by atoms with Crippen LogP contribution in [-0.4, -0.2) is 73.5 Å². The van der Waals surface area contributed by atoms with Crippen LogP contribution in [0.5, 0.6) is 5.75 Å². The number of pyridine rings is 2. The molecule has 0 spiro atoms. The molecule has 1 aromatic carbocycles. The Morgan fingerprint density at radius 3 is 2.60 bits per heavy atom. The van der Waals surface area contributed by atoms with Gasteiger partial charge in [0.05, 0.1) is 17.2 Å². The molecule has 1 saturated heterocycles. The number of aromatic amines is 1. The van der Waals surface area contributed by atoms with Crippen molar-refractivity contribution in [2.45, 2.75) is 17.5 Å². The van der Waals surface area contributed by atoms with Crippen LogP contribution in [-0.2, 0) is 19.1 Å². The third kappa shape index (κ3) is 6.22. The van der Waals surface area contributed by atoms with Crippen LogP contribution in [0.4, 0.5) is 4.79 Å². The topological polar surface area (TPSA) is 237 Å². The summed E-state index contributed by atoms with van der Waals surface area (Å²) >= 11 is 1.11. The number of rotatable bonds is 8. The second kappa shape index (κ2) is 12.9. The number of H-pyrrole nitrogens is 1. The number of hydrogen-bond acceptors (Lipinski definition) is 11. The number of nitrogens with one attached hydrogen (secondary N) is 3. The number of fused-ring (bicyclic) bond motifs is 2. The van der Waals surface area contributed by atoms with E-state index < -0.39 is 65.0 Å². The van der Waals surface area contributed by atoms with Crippen molar-refractivity contribution in [1.29, 1.82) is 0 Å². The summed E-state index contributed by atoms with van der Waals surface area (Å²) in [6, 6.07) is 5.93. The minimum atomic E-state index is -1.68. The van der Waals surface area contributed by atoms with Gasteiger partial charge in [-0.25, -0.2) is 4.79 Å². The Morgan fingerprint density at radius 1 is 1.21 bits per heavy atom. The number of hydrogen-bond donors (Lipinski definition) is 5. The zero-order chi connectivity index (χ0) is 30.1. The first-order valence-electron chi connectivity index (χ1n) is 12.2. The number of aromatic hydroxyl groups is 1. The number of benzene rings is 1. The molecule has 0 radical (unpaired) electrons. The van der Waals surface area contributed by atoms with Crippen LogP contribution in [0.1, 0.15) is 22.0 Å². The Balaban J connectivity index is 0.00000423. The third-order valence-corrected chi connectivity index (χ3v) is 7.91. The van der Waals surface area contributed by atoms with Crippen molar-refractivity contribution in [3.8, 4) is 5.75 Å². The van der Waals surface area contributed by atoms with E-state index >= 15 is 0 Å². The molecule has 2 aliphatic rings. The molecule has 0 bridgehead atoms. The number of nitrogens with zero attached hydrogens (tertiary/aromatic N) is 2. The van der Waals surface area contributed by atoms with Gasteiger partial charge in [-0.05, 0) is 29.8 Å². The number of carbonyl (C=O) groups excluding carboxylic acids is 5. The Kier molecular flexibility index (Phi) is 9.44. The molecule has 2 aliphatic heterocycles. The van der Waals surface area contributed by atoms with Gasteiger partial charge in [-0.3, -0.25) is 29.1 Å². The van der Waals surface area contributed by atoms with Gasteiger partial charge in [-0.2, -0.15) is 0 Å². The standard InChI is InChI=1S/C26H22N6O9S.Na/c27-26(40)41-9-12-10-42-24-18(23(37)32(24)19(12)25(38)39)31-22(36)16(11-3-5-13(33)6-4-11)30-21(35)14-8-29-15-2-1-7-28-17(15)20(14)34;/h1-8,16,18,24,33H,9-10H2,(H2,27,40)(H,29,34)(H,30,35)(H,31,36)(H,38,39);/q;+1/p-1/t16?,18?,24-;/m1./s1. The molecule has 43 heavy (non-hydrogen) atoms. The maximum atomic E-state index is 13.5. The summed E-state index contributed by atoms with van der Waals surface area (Å²) in [4.78, 5) is 83.1. The fraction of sp³-hybridized carbons (Fsp3) is 0.192. The van der Waals surface area contributed by atoms with Gasteiger partial charge in [-0.1, -0.05) is 12.1 Å². The Hall–Kier alpha value is -4.38. The third-order valence-electron chi connectivity index (χ3n) is 6.58. The van der Waals surface area contributed by atoms with Crippen molar-refractivity contribution in [2.75, 3.05) is 12.4 Å². The predicted molar refractivity (Wildman–Crippen MR) is 143 cm³/mol. The second-order valence-corrected chi connectivity index (χ2v) is 10.3. The number of carbonyl (C=O) groups is 5. The molecule has 1 fully saturated rings. The number of ether oxygens (including phenoxy) is 1. The smallest absolute Gasteiger partial charge is 0.543 e. The van der Waals surface area contributed by atoms with E-state index in [2.05, 4.69) is 25.3 Å². The summed E-state index contributed by atoms with van der Waals surface area (Å²) in [5.41, 5.74) is 4.21. The number of carboxylic acid groups (broad SMARTS) is 1. The average Bonchev–Trinajstić information content (AvgIpc) is 2.97. The number of aliphatic carboxylic acids is 1. The monoisotopic (exact) mass is 616 g/mol. The summed E-state index contributed by atoms with van der Waals surface area (Å²) in [7, 11) is 0. The Labute approximate surface area is 268 Å². The van der Waals surface area contributed by atoms with Crippen LogP contribution in [0.2, 0.25) is 0 Å². The largest absolute Gasteiger partial charge is 1.00 e. The first-order chi connectivity index (χ1) is 20.1. The van der Waals surface area contributed by atoms with Gasteiger partial charge in [0.15, 0.2) is 0 Å². The summed E-state index contributed by atoms with van der Waals surface area (Å²) in [6.07, 6.45) is 1.45. The Bertz CT molecular complexity index is 1730. The molecule has 2 aromatic heterocycles. The zero-order valence-electron chi connectivity index (χ0n) is 22.4. The van der Waals surface area contributed by atoms with Crippen molar-refractivity contribution >= 4 is 52.6 Å². The van der Waals surface area contributed by atoms with Crippen molar-refractivity contribution in [3.05, 3.63) is 81.4 Å². The molecule has 0 saturated carbocycles. The fourth-order valence-corrected chi connectivity index (χ4v) is 5.90. The van der Waals surface area contributed by atoms with E-state index in [0.29, 0.717) is 5.52 Å². The van der Waals surface area contributed by atoms with Crippen LogP contribution < -0.4 is 56.5 Å². The number of carboxylic acids is 1. The number of phenols is 1. The molecular weight excluding hydrogens is 595 g/mol. The number of phenolic OH excluding ortho intramolecular Hbond substituents is 1. The molecule has 4 amide bonds. The molecule has 216 valence electrons. The van der Waals surface area contributed by atoms with Gasteiger partial charge < -0.3 is 41.1 Å². The van der Waals surface area contributed by atoms with Gasteiger partial charge in [0, 0.05) is 23.7 Å². The predicted octanol–water partition coefficient (Wildman–Crippen LogP) is -4.40. The van der Waals surface area contributed by atoms with E-state index in [4.69, 9.17) is 5.73 Å². The summed E-state index contributed by atoms with van der Waals surface area (Å²) in [5, 5.41) is 25.7. The van der Waals surface area contributed by atoms with E-state index in [-0.39, 0.29) is 63.3 Å². The number of thioether (sulfide) groups is 1. The SMILES string of the molecule is NC(=O)OCC1=C(C(=O)[O-])N2C(=O)C(NC(=O)C(NC(=O)c3c[nH]c4cccnc4c3=O)c3ccc(O)cc3)[C@H]2SC1.[Na+]. The number of nitrogens with two attached hydrogens (primary N) is 1. The molecule has 0 aliphatic carbocycles. The van der Waals surface area contributed by atoms with Crippen molar-refractivity contribution in [3.63, 3.8) is 0 Å². The van der Waals surface area contributed by atoms with E-state index in [1.54, 1.807) is 12.1 Å². The fourth-order valence-electron chi connectivity index (χ4n) is 4.57. The van der Waals surface area contributed by atoms with Crippen LogP contribution in [0.25, 0.3) is 11.0 Å². The minimum absolute atomic E-state index is 0. The van der Waals surface area contributed by atoms with Crippen molar-refractivity contribution in [1.82, 2.24) is 25.5 Å². The number of primary amides is 1. The molecular formula is C26H21N6NaO9S. The molecule has 2 unspecified atom stereocenters. The summed E-state index contributed by atoms with van der Waals surface area (Å²) in [6.45, 7) is -0.461. The van der Waals surface area contributed by atoms with Crippen molar-refractivity contribution in [2.24, 2.45) is 5.73 Å². The second-order valence-electron chi connectivity index (χ2n) is 9.17. The first-order valence-corrected chi connectivity index (χ1v) is 13.3. The number of amides is 4. The molecule has 3 aromatic rings. The van der Waals surface area contributed by atoms with Gasteiger partial charge in [0.1, 0.15) is 40.9 Å². The van der Waals surface area contributed by atoms with Crippen molar-refractivity contribution < 1.29 is 68.5 Å². The molecule has 3 atom stereocenters. The average molecular weight is 617 g/mol. The normalized spacial score (nSPS) is 18.0. The molecule has 4 heterocycles. The molecule has 17 heteroatoms. The first kappa shape index (κ1) is 31.6. The van der Waals surface area contributed by atoms with Crippen LogP contribution in [0.15, 0.2) is 64.9 Å². The zero-order valence-corrected chi connectivity index (χ0v) is 25.2. The van der Waals surface area contributed by atoms with Gasteiger partial charge in [-0.15, -0.1) is 11.8 Å². The van der Waals surface area contributed by atoms with E-state index in [1.165, 1.54) is 36.7 Å². The molecule has 6 N–H and O–H groups in total. The minimum Gasteiger partial charge on any atom is -0.543 e. The van der Waals surface area contributed by atoms with E-state index in [9.17, 15) is 39.0 Å². The van der Waals surface area contributed by atoms with Crippen LogP contribution in [0.3, 0.4) is 0 Å². The summed E-state index contributed by atoms with van der Waals surface area (Å²) in [5.74, 6) is -4.27. The molecule has 15 nitrogen and oxygen atoms in total.